The van der Waals surface area contributed by atoms with Crippen LogP contribution < -0.4 is 5.32 Å². The highest BCUT2D eigenvalue weighted by atomic mass is 15.3. The first-order valence-corrected chi connectivity index (χ1v) is 8.40. The minimum Gasteiger partial charge on any atom is -0.311 e. The van der Waals surface area contributed by atoms with Gasteiger partial charge in [-0.1, -0.05) is 20.8 Å². The van der Waals surface area contributed by atoms with Crippen molar-refractivity contribution in [3.05, 3.63) is 18.0 Å². The average Bonchev–Trinajstić information content (AvgIpc) is 2.84. The molecule has 0 aromatic carbocycles. The molecular weight excluding hydrogens is 260 g/mol. The summed E-state index contributed by atoms with van der Waals surface area (Å²) < 4.78 is 2.00. The Morgan fingerprint density at radius 2 is 2.24 bits per heavy atom. The molecule has 1 fully saturated rings. The first kappa shape index (κ1) is 16.5. The van der Waals surface area contributed by atoms with Crippen LogP contribution in [-0.2, 0) is 13.5 Å². The summed E-state index contributed by atoms with van der Waals surface area (Å²) >= 11 is 0. The minimum absolute atomic E-state index is 0.284. The lowest BCUT2D eigenvalue weighted by atomic mass is 9.89. The summed E-state index contributed by atoms with van der Waals surface area (Å²) in [5.41, 5.74) is 1.61. The van der Waals surface area contributed by atoms with Crippen molar-refractivity contribution in [2.75, 3.05) is 19.6 Å². The fourth-order valence-electron chi connectivity index (χ4n) is 3.36. The smallest absolute Gasteiger partial charge is 0.0492 e. The molecule has 4 nitrogen and oxygen atoms in total. The Kier molecular flexibility index (Phi) is 5.44. The van der Waals surface area contributed by atoms with Gasteiger partial charge in [0.15, 0.2) is 0 Å². The molecule has 120 valence electrons. The van der Waals surface area contributed by atoms with Crippen molar-refractivity contribution < 1.29 is 0 Å². The molecule has 0 amide bonds. The summed E-state index contributed by atoms with van der Waals surface area (Å²) in [5, 5.41) is 8.04. The van der Waals surface area contributed by atoms with Gasteiger partial charge in [0.2, 0.25) is 0 Å². The van der Waals surface area contributed by atoms with Gasteiger partial charge in [-0.3, -0.25) is 9.58 Å². The van der Waals surface area contributed by atoms with Crippen molar-refractivity contribution in [1.29, 1.82) is 0 Å². The van der Waals surface area contributed by atoms with Gasteiger partial charge in [-0.25, -0.2) is 0 Å². The van der Waals surface area contributed by atoms with E-state index in [4.69, 9.17) is 0 Å². The molecule has 2 heterocycles. The standard InChI is InChI=1S/C17H32N4/c1-6-17(4)13-18-15(11-14(2)3)12-21(17)10-8-16-7-9-19-20(16)5/h7,9,14-15,18H,6,8,10-13H2,1-5H3. The van der Waals surface area contributed by atoms with Gasteiger partial charge in [-0.05, 0) is 31.7 Å². The lowest BCUT2D eigenvalue weighted by Crippen LogP contribution is -2.63. The SMILES string of the molecule is CCC1(C)CNC(CC(C)C)CN1CCc1ccnn1C. The van der Waals surface area contributed by atoms with E-state index in [1.165, 1.54) is 25.1 Å². The maximum Gasteiger partial charge on any atom is 0.0492 e. The van der Waals surface area contributed by atoms with Crippen molar-refractivity contribution in [3.8, 4) is 0 Å². The molecule has 0 radical (unpaired) electrons. The third-order valence-electron chi connectivity index (χ3n) is 5.05. The summed E-state index contributed by atoms with van der Waals surface area (Å²) in [6, 6.07) is 2.77. The van der Waals surface area contributed by atoms with Gasteiger partial charge in [0.25, 0.3) is 0 Å². The molecule has 1 aliphatic heterocycles. The number of hydrogen-bond acceptors (Lipinski definition) is 3. The molecule has 2 rings (SSSR count). The van der Waals surface area contributed by atoms with E-state index in [0.29, 0.717) is 6.04 Å². The monoisotopic (exact) mass is 292 g/mol. The molecule has 2 atom stereocenters. The zero-order valence-corrected chi connectivity index (χ0v) is 14.4. The van der Waals surface area contributed by atoms with E-state index < -0.39 is 0 Å². The third kappa shape index (κ3) is 4.07. The van der Waals surface area contributed by atoms with Crippen LogP contribution in [0.5, 0.6) is 0 Å². The second-order valence-electron chi connectivity index (χ2n) is 7.20. The molecule has 0 spiro atoms. The lowest BCUT2D eigenvalue weighted by Gasteiger charge is -2.48. The number of rotatable bonds is 6. The number of aryl methyl sites for hydroxylation is 1. The van der Waals surface area contributed by atoms with Gasteiger partial charge in [0.05, 0.1) is 0 Å². The highest BCUT2D eigenvalue weighted by Gasteiger charge is 2.36. The highest BCUT2D eigenvalue weighted by Crippen LogP contribution is 2.25. The minimum atomic E-state index is 0.284. The van der Waals surface area contributed by atoms with Crippen molar-refractivity contribution in [1.82, 2.24) is 20.0 Å². The van der Waals surface area contributed by atoms with Crippen LogP contribution in [0.3, 0.4) is 0 Å². The predicted octanol–water partition coefficient (Wildman–Crippen LogP) is 2.45. The van der Waals surface area contributed by atoms with Crippen LogP contribution >= 0.6 is 0 Å². The Morgan fingerprint density at radius 3 is 2.81 bits per heavy atom. The summed E-state index contributed by atoms with van der Waals surface area (Å²) in [6.45, 7) is 12.7. The van der Waals surface area contributed by atoms with Crippen molar-refractivity contribution in [3.63, 3.8) is 0 Å². The number of piperazine rings is 1. The van der Waals surface area contributed by atoms with Crippen LogP contribution in [0.25, 0.3) is 0 Å². The first-order chi connectivity index (χ1) is 9.94. The second-order valence-corrected chi connectivity index (χ2v) is 7.20. The Bertz CT molecular complexity index is 440. The van der Waals surface area contributed by atoms with Gasteiger partial charge in [0, 0.05) is 56.6 Å². The molecule has 0 bridgehead atoms. The van der Waals surface area contributed by atoms with Crippen molar-refractivity contribution in [2.24, 2.45) is 13.0 Å². The van der Waals surface area contributed by atoms with Gasteiger partial charge in [0.1, 0.15) is 0 Å². The predicted molar refractivity (Wildman–Crippen MR) is 88.4 cm³/mol. The molecule has 2 unspecified atom stereocenters. The zero-order chi connectivity index (χ0) is 15.5. The molecule has 1 aromatic heterocycles. The van der Waals surface area contributed by atoms with E-state index in [9.17, 15) is 0 Å². The molecule has 4 heteroatoms. The molecule has 1 N–H and O–H groups in total. The van der Waals surface area contributed by atoms with E-state index in [0.717, 1.165) is 25.4 Å². The Labute approximate surface area is 129 Å². The van der Waals surface area contributed by atoms with E-state index in [-0.39, 0.29) is 5.54 Å². The molecular formula is C17H32N4. The molecule has 0 saturated carbocycles. The third-order valence-corrected chi connectivity index (χ3v) is 5.05. The van der Waals surface area contributed by atoms with Gasteiger partial charge < -0.3 is 5.32 Å². The van der Waals surface area contributed by atoms with Crippen LogP contribution in [0.4, 0.5) is 0 Å². The molecule has 1 aromatic rings. The number of nitrogens with one attached hydrogen (secondary N) is 1. The fourth-order valence-corrected chi connectivity index (χ4v) is 3.36. The van der Waals surface area contributed by atoms with Gasteiger partial charge in [-0.2, -0.15) is 5.10 Å². The lowest BCUT2D eigenvalue weighted by molar-refractivity contribution is 0.0450. The Balaban J connectivity index is 1.99. The molecule has 0 aliphatic carbocycles. The van der Waals surface area contributed by atoms with Crippen molar-refractivity contribution in [2.45, 2.75) is 58.5 Å². The highest BCUT2D eigenvalue weighted by molar-refractivity contribution is 5.02. The van der Waals surface area contributed by atoms with Crippen LogP contribution in [-0.4, -0.2) is 45.9 Å². The average molecular weight is 292 g/mol. The van der Waals surface area contributed by atoms with E-state index >= 15 is 0 Å². The van der Waals surface area contributed by atoms with Gasteiger partial charge in [-0.15, -0.1) is 0 Å². The zero-order valence-electron chi connectivity index (χ0n) is 14.4. The summed E-state index contributed by atoms with van der Waals surface area (Å²) in [6.07, 6.45) is 5.44. The van der Waals surface area contributed by atoms with E-state index in [2.05, 4.69) is 49.1 Å². The largest absolute Gasteiger partial charge is 0.311 e. The maximum absolute atomic E-state index is 4.28. The molecule has 1 saturated heterocycles. The summed E-state index contributed by atoms with van der Waals surface area (Å²) in [4.78, 5) is 2.70. The normalized spacial score (nSPS) is 27.4. The fraction of sp³-hybridized carbons (Fsp3) is 0.824. The quantitative estimate of drug-likeness (QED) is 0.874. The number of nitrogens with zero attached hydrogens (tertiary/aromatic N) is 3. The number of hydrogen-bond donors (Lipinski definition) is 1. The first-order valence-electron chi connectivity index (χ1n) is 8.40. The van der Waals surface area contributed by atoms with Crippen LogP contribution in [0.15, 0.2) is 12.3 Å². The summed E-state index contributed by atoms with van der Waals surface area (Å²) in [7, 11) is 2.04. The molecule has 21 heavy (non-hydrogen) atoms. The summed E-state index contributed by atoms with van der Waals surface area (Å²) in [5.74, 6) is 0.757. The van der Waals surface area contributed by atoms with Crippen LogP contribution in [0, 0.1) is 5.92 Å². The topological polar surface area (TPSA) is 33.1 Å². The second kappa shape index (κ2) is 6.93. The van der Waals surface area contributed by atoms with Crippen LogP contribution in [0.1, 0.15) is 46.2 Å². The van der Waals surface area contributed by atoms with E-state index in [1.807, 2.05) is 17.9 Å². The van der Waals surface area contributed by atoms with Gasteiger partial charge >= 0.3 is 0 Å². The maximum atomic E-state index is 4.28. The van der Waals surface area contributed by atoms with Crippen LogP contribution in [0.2, 0.25) is 0 Å². The Morgan fingerprint density at radius 1 is 1.48 bits per heavy atom. The number of aromatic nitrogens is 2. The molecule has 1 aliphatic rings. The Hall–Kier alpha value is -0.870. The van der Waals surface area contributed by atoms with Crippen molar-refractivity contribution >= 4 is 0 Å². The van der Waals surface area contributed by atoms with E-state index in [1.54, 1.807) is 0 Å².